The smallest absolute Gasteiger partial charge is 0.161 e. The van der Waals surface area contributed by atoms with Crippen molar-refractivity contribution in [1.82, 2.24) is 5.32 Å². The lowest BCUT2D eigenvalue weighted by atomic mass is 10.1. The Kier molecular flexibility index (Phi) is 6.48. The molecule has 0 aromatic heterocycles. The van der Waals surface area contributed by atoms with Crippen LogP contribution in [0.5, 0.6) is 11.5 Å². The monoisotopic (exact) mass is 313 g/mol. The van der Waals surface area contributed by atoms with Crippen molar-refractivity contribution in [2.75, 3.05) is 13.7 Å². The predicted octanol–water partition coefficient (Wildman–Crippen LogP) is 4.33. The molecular formula is C20H27NO2. The minimum absolute atomic E-state index is 0.543. The van der Waals surface area contributed by atoms with Gasteiger partial charge in [-0.3, -0.25) is 0 Å². The van der Waals surface area contributed by atoms with E-state index in [2.05, 4.69) is 56.4 Å². The highest BCUT2D eigenvalue weighted by Gasteiger charge is 2.06. The van der Waals surface area contributed by atoms with Crippen LogP contribution in [-0.4, -0.2) is 13.7 Å². The van der Waals surface area contributed by atoms with Crippen LogP contribution in [0, 0.1) is 12.8 Å². The molecule has 0 radical (unpaired) electrons. The van der Waals surface area contributed by atoms with E-state index in [0.717, 1.165) is 30.2 Å². The molecule has 2 aromatic carbocycles. The van der Waals surface area contributed by atoms with Crippen LogP contribution in [-0.2, 0) is 13.2 Å². The average molecular weight is 313 g/mol. The first kappa shape index (κ1) is 17.4. The maximum Gasteiger partial charge on any atom is 0.161 e. The maximum absolute atomic E-state index is 5.91. The maximum atomic E-state index is 5.91. The number of ether oxygens (including phenoxy) is 2. The van der Waals surface area contributed by atoms with E-state index >= 15 is 0 Å². The van der Waals surface area contributed by atoms with E-state index in [1.54, 1.807) is 7.11 Å². The van der Waals surface area contributed by atoms with E-state index in [9.17, 15) is 0 Å². The molecule has 0 atom stereocenters. The lowest BCUT2D eigenvalue weighted by Crippen LogP contribution is -2.18. The Bertz CT molecular complexity index is 606. The second-order valence-corrected chi connectivity index (χ2v) is 6.28. The van der Waals surface area contributed by atoms with Gasteiger partial charge in [0.05, 0.1) is 7.11 Å². The van der Waals surface area contributed by atoms with Gasteiger partial charge in [-0.25, -0.2) is 0 Å². The summed E-state index contributed by atoms with van der Waals surface area (Å²) < 4.78 is 11.4. The van der Waals surface area contributed by atoms with E-state index in [4.69, 9.17) is 9.47 Å². The first-order valence-corrected chi connectivity index (χ1v) is 8.14. The predicted molar refractivity (Wildman–Crippen MR) is 95.0 cm³/mol. The highest BCUT2D eigenvalue weighted by molar-refractivity contribution is 5.43. The molecular weight excluding hydrogens is 286 g/mol. The number of benzene rings is 2. The Morgan fingerprint density at radius 3 is 2.30 bits per heavy atom. The molecule has 3 heteroatoms. The second kappa shape index (κ2) is 8.59. The van der Waals surface area contributed by atoms with E-state index < -0.39 is 0 Å². The number of hydrogen-bond donors (Lipinski definition) is 1. The van der Waals surface area contributed by atoms with Crippen LogP contribution in [0.25, 0.3) is 0 Å². The first-order chi connectivity index (χ1) is 11.1. The zero-order chi connectivity index (χ0) is 16.7. The fraction of sp³-hybridized carbons (Fsp3) is 0.400. The van der Waals surface area contributed by atoms with Gasteiger partial charge in [0.25, 0.3) is 0 Å². The average Bonchev–Trinajstić information content (AvgIpc) is 2.54. The quantitative estimate of drug-likeness (QED) is 0.787. The third kappa shape index (κ3) is 5.61. The number of hydrogen-bond acceptors (Lipinski definition) is 3. The Labute approximate surface area is 139 Å². The molecule has 0 aliphatic heterocycles. The van der Waals surface area contributed by atoms with E-state index in [1.807, 2.05) is 12.1 Å². The van der Waals surface area contributed by atoms with Crippen molar-refractivity contribution >= 4 is 0 Å². The molecule has 0 saturated heterocycles. The molecule has 0 bridgehead atoms. The van der Waals surface area contributed by atoms with Crippen molar-refractivity contribution in [3.8, 4) is 11.5 Å². The van der Waals surface area contributed by atoms with Crippen molar-refractivity contribution in [3.63, 3.8) is 0 Å². The minimum atomic E-state index is 0.543. The van der Waals surface area contributed by atoms with Crippen LogP contribution in [0.15, 0.2) is 42.5 Å². The van der Waals surface area contributed by atoms with Crippen molar-refractivity contribution in [2.45, 2.75) is 33.9 Å². The highest BCUT2D eigenvalue weighted by atomic mass is 16.5. The zero-order valence-electron chi connectivity index (χ0n) is 14.6. The largest absolute Gasteiger partial charge is 0.493 e. The van der Waals surface area contributed by atoms with Crippen LogP contribution in [0.4, 0.5) is 0 Å². The van der Waals surface area contributed by atoms with Gasteiger partial charge in [-0.1, -0.05) is 49.7 Å². The SMILES string of the molecule is COc1cc(CNCC(C)C)ccc1OCc1ccc(C)cc1. The molecule has 23 heavy (non-hydrogen) atoms. The van der Waals surface area contributed by atoms with Gasteiger partial charge in [-0.2, -0.15) is 0 Å². The van der Waals surface area contributed by atoms with Gasteiger partial charge in [-0.15, -0.1) is 0 Å². The molecule has 2 rings (SSSR count). The van der Waals surface area contributed by atoms with Crippen molar-refractivity contribution in [1.29, 1.82) is 0 Å². The van der Waals surface area contributed by atoms with E-state index in [-0.39, 0.29) is 0 Å². The zero-order valence-corrected chi connectivity index (χ0v) is 14.6. The molecule has 0 fully saturated rings. The second-order valence-electron chi connectivity index (χ2n) is 6.28. The summed E-state index contributed by atoms with van der Waals surface area (Å²) in [6, 6.07) is 14.5. The van der Waals surface area contributed by atoms with Gasteiger partial charge in [0.1, 0.15) is 6.61 Å². The molecule has 3 nitrogen and oxygen atoms in total. The Hall–Kier alpha value is -2.00. The van der Waals surface area contributed by atoms with Crippen LogP contribution in [0.1, 0.15) is 30.5 Å². The minimum Gasteiger partial charge on any atom is -0.493 e. The first-order valence-electron chi connectivity index (χ1n) is 8.14. The van der Waals surface area contributed by atoms with Crippen molar-refractivity contribution in [2.24, 2.45) is 5.92 Å². The summed E-state index contributed by atoms with van der Waals surface area (Å²) in [4.78, 5) is 0. The normalized spacial score (nSPS) is 10.8. The summed E-state index contributed by atoms with van der Waals surface area (Å²) in [7, 11) is 1.68. The molecule has 0 heterocycles. The Balaban J connectivity index is 1.97. The number of aryl methyl sites for hydroxylation is 1. The standard InChI is InChI=1S/C20H27NO2/c1-15(2)12-21-13-18-9-10-19(20(11-18)22-4)23-14-17-7-5-16(3)6-8-17/h5-11,15,21H,12-14H2,1-4H3. The fourth-order valence-corrected chi connectivity index (χ4v) is 2.29. The molecule has 124 valence electrons. The van der Waals surface area contributed by atoms with Crippen molar-refractivity contribution in [3.05, 3.63) is 59.2 Å². The van der Waals surface area contributed by atoms with Gasteiger partial charge in [0.2, 0.25) is 0 Å². The van der Waals surface area contributed by atoms with Gasteiger partial charge < -0.3 is 14.8 Å². The molecule has 0 aliphatic carbocycles. The summed E-state index contributed by atoms with van der Waals surface area (Å²) in [6.45, 7) is 8.88. The summed E-state index contributed by atoms with van der Waals surface area (Å²) in [5.41, 5.74) is 3.61. The van der Waals surface area contributed by atoms with Crippen LogP contribution in [0.2, 0.25) is 0 Å². The Morgan fingerprint density at radius 1 is 0.957 bits per heavy atom. The topological polar surface area (TPSA) is 30.5 Å². The highest BCUT2D eigenvalue weighted by Crippen LogP contribution is 2.28. The number of rotatable bonds is 8. The number of nitrogens with one attached hydrogen (secondary N) is 1. The molecule has 0 amide bonds. The van der Waals surface area contributed by atoms with Crippen LogP contribution < -0.4 is 14.8 Å². The molecule has 0 unspecified atom stereocenters. The molecule has 0 spiro atoms. The molecule has 0 aliphatic rings. The van der Waals surface area contributed by atoms with Gasteiger partial charge in [0.15, 0.2) is 11.5 Å². The van der Waals surface area contributed by atoms with Gasteiger partial charge in [0, 0.05) is 6.54 Å². The summed E-state index contributed by atoms with van der Waals surface area (Å²) >= 11 is 0. The van der Waals surface area contributed by atoms with Crippen LogP contribution in [0.3, 0.4) is 0 Å². The molecule has 1 N–H and O–H groups in total. The third-order valence-corrected chi connectivity index (χ3v) is 3.62. The van der Waals surface area contributed by atoms with Gasteiger partial charge in [-0.05, 0) is 42.6 Å². The summed E-state index contributed by atoms with van der Waals surface area (Å²) in [6.07, 6.45) is 0. The van der Waals surface area contributed by atoms with Crippen LogP contribution >= 0.6 is 0 Å². The van der Waals surface area contributed by atoms with E-state index in [1.165, 1.54) is 11.1 Å². The van der Waals surface area contributed by atoms with E-state index in [0.29, 0.717) is 12.5 Å². The lowest BCUT2D eigenvalue weighted by molar-refractivity contribution is 0.284. The Morgan fingerprint density at radius 2 is 1.65 bits per heavy atom. The summed E-state index contributed by atoms with van der Waals surface area (Å²) in [5.74, 6) is 2.20. The lowest BCUT2D eigenvalue weighted by Gasteiger charge is -2.13. The summed E-state index contributed by atoms with van der Waals surface area (Å²) in [5, 5.41) is 3.44. The third-order valence-electron chi connectivity index (χ3n) is 3.62. The van der Waals surface area contributed by atoms with Gasteiger partial charge >= 0.3 is 0 Å². The van der Waals surface area contributed by atoms with Crippen molar-refractivity contribution < 1.29 is 9.47 Å². The molecule has 0 saturated carbocycles. The molecule has 2 aromatic rings. The fourth-order valence-electron chi connectivity index (χ4n) is 2.29. The number of methoxy groups -OCH3 is 1.